The molecule has 130 valence electrons. The smallest absolute Gasteiger partial charge is 0.254 e. The van der Waals surface area contributed by atoms with E-state index in [2.05, 4.69) is 25.6 Å². The van der Waals surface area contributed by atoms with E-state index in [4.69, 9.17) is 0 Å². The summed E-state index contributed by atoms with van der Waals surface area (Å²) in [4.78, 5) is 22.6. The second-order valence-electron chi connectivity index (χ2n) is 5.97. The maximum atomic E-state index is 12.3. The quantitative estimate of drug-likeness (QED) is 0.683. The number of para-hydroxylation sites is 1. The zero-order valence-electron chi connectivity index (χ0n) is 14.6. The van der Waals surface area contributed by atoms with Crippen molar-refractivity contribution in [1.82, 2.24) is 30.3 Å². The molecule has 3 rings (SSSR count). The van der Waals surface area contributed by atoms with Crippen molar-refractivity contribution in [1.29, 1.82) is 0 Å². The molecule has 0 aliphatic heterocycles. The van der Waals surface area contributed by atoms with Crippen LogP contribution in [0.2, 0.25) is 0 Å². The van der Waals surface area contributed by atoms with Crippen molar-refractivity contribution in [2.75, 3.05) is 25.5 Å². The first-order valence-corrected chi connectivity index (χ1v) is 8.13. The molecule has 8 nitrogen and oxygen atoms in total. The SMILES string of the molecule is Cc1nc(N(C)C)ncc1C(=O)NCCCn1nnc2ccccc21. The average Bonchev–Trinajstić information content (AvgIpc) is 3.01. The highest BCUT2D eigenvalue weighted by atomic mass is 16.1. The van der Waals surface area contributed by atoms with Gasteiger partial charge < -0.3 is 10.2 Å². The molecule has 1 N–H and O–H groups in total. The van der Waals surface area contributed by atoms with E-state index in [0.717, 1.165) is 17.5 Å². The van der Waals surface area contributed by atoms with Crippen molar-refractivity contribution in [3.63, 3.8) is 0 Å². The van der Waals surface area contributed by atoms with Crippen LogP contribution in [0.25, 0.3) is 11.0 Å². The lowest BCUT2D eigenvalue weighted by Gasteiger charge is -2.12. The van der Waals surface area contributed by atoms with E-state index in [1.807, 2.05) is 50.0 Å². The van der Waals surface area contributed by atoms with Gasteiger partial charge in [0.15, 0.2) is 0 Å². The molecule has 25 heavy (non-hydrogen) atoms. The molecular formula is C17H21N7O. The number of aromatic nitrogens is 5. The predicted octanol–water partition coefficient (Wildman–Crippen LogP) is 1.42. The van der Waals surface area contributed by atoms with Gasteiger partial charge in [0, 0.05) is 33.4 Å². The van der Waals surface area contributed by atoms with E-state index < -0.39 is 0 Å². The molecule has 8 heteroatoms. The van der Waals surface area contributed by atoms with Crippen molar-refractivity contribution in [3.05, 3.63) is 41.7 Å². The first kappa shape index (κ1) is 16.8. The van der Waals surface area contributed by atoms with Crippen molar-refractivity contribution in [2.24, 2.45) is 0 Å². The number of nitrogens with one attached hydrogen (secondary N) is 1. The van der Waals surface area contributed by atoms with Gasteiger partial charge in [-0.1, -0.05) is 17.3 Å². The van der Waals surface area contributed by atoms with Crippen molar-refractivity contribution < 1.29 is 4.79 Å². The summed E-state index contributed by atoms with van der Waals surface area (Å²) >= 11 is 0. The molecule has 0 unspecified atom stereocenters. The fourth-order valence-corrected chi connectivity index (χ4v) is 2.50. The molecule has 0 bridgehead atoms. The summed E-state index contributed by atoms with van der Waals surface area (Å²) in [5.41, 5.74) is 3.04. The number of aryl methyl sites for hydroxylation is 2. The monoisotopic (exact) mass is 339 g/mol. The van der Waals surface area contributed by atoms with Crippen LogP contribution in [0.15, 0.2) is 30.5 Å². The Hall–Kier alpha value is -3.03. The highest BCUT2D eigenvalue weighted by molar-refractivity contribution is 5.94. The molecule has 0 aliphatic rings. The third-order valence-electron chi connectivity index (χ3n) is 3.86. The normalized spacial score (nSPS) is 10.8. The number of anilines is 1. The molecule has 0 radical (unpaired) electrons. The van der Waals surface area contributed by atoms with Crippen LogP contribution in [0.5, 0.6) is 0 Å². The van der Waals surface area contributed by atoms with Crippen LogP contribution in [0.3, 0.4) is 0 Å². The fourth-order valence-electron chi connectivity index (χ4n) is 2.50. The standard InChI is InChI=1S/C17H21N7O/c1-12-13(11-19-17(20-12)23(2)3)16(25)18-9-6-10-24-15-8-5-4-7-14(15)21-22-24/h4-5,7-8,11H,6,9-10H2,1-3H3,(H,18,25). The van der Waals surface area contributed by atoms with E-state index in [9.17, 15) is 4.79 Å². The zero-order valence-corrected chi connectivity index (χ0v) is 14.6. The van der Waals surface area contributed by atoms with Crippen LogP contribution >= 0.6 is 0 Å². The highest BCUT2D eigenvalue weighted by Gasteiger charge is 2.12. The number of amides is 1. The summed E-state index contributed by atoms with van der Waals surface area (Å²) in [7, 11) is 3.73. The Morgan fingerprint density at radius 2 is 2.08 bits per heavy atom. The Kier molecular flexibility index (Phi) is 4.87. The van der Waals surface area contributed by atoms with Gasteiger partial charge in [-0.2, -0.15) is 0 Å². The van der Waals surface area contributed by atoms with Gasteiger partial charge >= 0.3 is 0 Å². The lowest BCUT2D eigenvalue weighted by molar-refractivity contribution is 0.0951. The van der Waals surface area contributed by atoms with E-state index in [-0.39, 0.29) is 5.91 Å². The Morgan fingerprint density at radius 3 is 2.84 bits per heavy atom. The lowest BCUT2D eigenvalue weighted by atomic mass is 10.2. The van der Waals surface area contributed by atoms with Gasteiger partial charge in [0.2, 0.25) is 5.95 Å². The Balaban J connectivity index is 1.54. The highest BCUT2D eigenvalue weighted by Crippen LogP contribution is 2.10. The van der Waals surface area contributed by atoms with Crippen molar-refractivity contribution in [2.45, 2.75) is 19.9 Å². The van der Waals surface area contributed by atoms with Crippen LogP contribution < -0.4 is 10.2 Å². The maximum Gasteiger partial charge on any atom is 0.254 e. The summed E-state index contributed by atoms with van der Waals surface area (Å²) in [6.07, 6.45) is 2.33. The van der Waals surface area contributed by atoms with Crippen LogP contribution in [-0.2, 0) is 6.54 Å². The second kappa shape index (κ2) is 7.25. The van der Waals surface area contributed by atoms with Gasteiger partial charge in [-0.15, -0.1) is 5.10 Å². The maximum absolute atomic E-state index is 12.3. The van der Waals surface area contributed by atoms with Crippen LogP contribution in [0, 0.1) is 6.92 Å². The number of hydrogen-bond acceptors (Lipinski definition) is 6. The molecule has 0 saturated heterocycles. The number of carbonyl (C=O) groups is 1. The number of hydrogen-bond donors (Lipinski definition) is 1. The van der Waals surface area contributed by atoms with Gasteiger partial charge in [-0.05, 0) is 25.5 Å². The zero-order chi connectivity index (χ0) is 17.8. The van der Waals surface area contributed by atoms with Crippen molar-refractivity contribution >= 4 is 22.9 Å². The summed E-state index contributed by atoms with van der Waals surface area (Å²) in [6.45, 7) is 3.04. The lowest BCUT2D eigenvalue weighted by Crippen LogP contribution is -2.27. The number of carbonyl (C=O) groups excluding carboxylic acids is 1. The molecule has 1 aromatic carbocycles. The number of fused-ring (bicyclic) bond motifs is 1. The molecule has 0 fully saturated rings. The Bertz CT molecular complexity index is 888. The Labute approximate surface area is 145 Å². The largest absolute Gasteiger partial charge is 0.352 e. The molecule has 2 heterocycles. The topological polar surface area (TPSA) is 88.8 Å². The molecule has 0 aliphatic carbocycles. The van der Waals surface area contributed by atoms with Crippen LogP contribution in [0.1, 0.15) is 22.5 Å². The summed E-state index contributed by atoms with van der Waals surface area (Å²) in [6, 6.07) is 7.82. The van der Waals surface area contributed by atoms with Crippen LogP contribution in [0.4, 0.5) is 5.95 Å². The van der Waals surface area contributed by atoms with E-state index in [0.29, 0.717) is 30.3 Å². The van der Waals surface area contributed by atoms with Gasteiger partial charge in [-0.3, -0.25) is 4.79 Å². The third kappa shape index (κ3) is 3.73. The molecule has 1 amide bonds. The van der Waals surface area contributed by atoms with Crippen molar-refractivity contribution in [3.8, 4) is 0 Å². The Morgan fingerprint density at radius 1 is 1.28 bits per heavy atom. The number of nitrogens with zero attached hydrogens (tertiary/aromatic N) is 6. The molecular weight excluding hydrogens is 318 g/mol. The van der Waals surface area contributed by atoms with Gasteiger partial charge in [0.25, 0.3) is 5.91 Å². The van der Waals surface area contributed by atoms with E-state index in [1.54, 1.807) is 11.1 Å². The molecule has 0 spiro atoms. The number of benzene rings is 1. The summed E-state index contributed by atoms with van der Waals surface area (Å²) in [5.74, 6) is 0.429. The molecule has 3 aromatic rings. The van der Waals surface area contributed by atoms with Crippen LogP contribution in [-0.4, -0.2) is 51.5 Å². The summed E-state index contributed by atoms with van der Waals surface area (Å²) in [5, 5.41) is 11.2. The molecule has 0 atom stereocenters. The van der Waals surface area contributed by atoms with E-state index in [1.165, 1.54) is 0 Å². The third-order valence-corrected chi connectivity index (χ3v) is 3.86. The molecule has 2 aromatic heterocycles. The average molecular weight is 339 g/mol. The minimum Gasteiger partial charge on any atom is -0.352 e. The van der Waals surface area contributed by atoms with E-state index >= 15 is 0 Å². The second-order valence-corrected chi connectivity index (χ2v) is 5.97. The predicted molar refractivity (Wildman–Crippen MR) is 95.6 cm³/mol. The number of rotatable bonds is 6. The first-order valence-electron chi connectivity index (χ1n) is 8.13. The minimum absolute atomic E-state index is 0.161. The molecule has 0 saturated carbocycles. The summed E-state index contributed by atoms with van der Waals surface area (Å²) < 4.78 is 1.85. The van der Waals surface area contributed by atoms with Gasteiger partial charge in [-0.25, -0.2) is 14.6 Å². The van der Waals surface area contributed by atoms with Gasteiger partial charge in [0.1, 0.15) is 5.52 Å². The minimum atomic E-state index is -0.161. The first-order chi connectivity index (χ1) is 12.1. The fraction of sp³-hybridized carbons (Fsp3) is 0.353. The van der Waals surface area contributed by atoms with Gasteiger partial charge in [0.05, 0.1) is 16.8 Å².